The van der Waals surface area contributed by atoms with Gasteiger partial charge in [-0.3, -0.25) is 0 Å². The molecule has 1 N–H and O–H groups in total. The molecule has 0 aromatic heterocycles. The minimum atomic E-state index is 0.270. The zero-order valence-electron chi connectivity index (χ0n) is 9.95. The molecule has 1 saturated heterocycles. The first kappa shape index (κ1) is 12.3. The summed E-state index contributed by atoms with van der Waals surface area (Å²) < 4.78 is 0. The average molecular weight is 238 g/mol. The first-order chi connectivity index (χ1) is 7.90. The maximum atomic E-state index is 9.11. The second kappa shape index (κ2) is 6.51. The molecule has 0 bridgehead atoms. The summed E-state index contributed by atoms with van der Waals surface area (Å²) in [4.78, 5) is 0. The quantitative estimate of drug-likeness (QED) is 0.821. The number of nitrogens with one attached hydrogen (secondary N) is 1. The molecule has 0 radical (unpaired) electrons. The highest BCUT2D eigenvalue weighted by Crippen LogP contribution is 2.26. The topological polar surface area (TPSA) is 35.8 Å². The van der Waals surface area contributed by atoms with Crippen LogP contribution in [0.2, 0.25) is 0 Å². The predicted octanol–water partition coefficient (Wildman–Crippen LogP) is 2.80. The highest BCUT2D eigenvalue weighted by molar-refractivity contribution is 7.99. The van der Waals surface area contributed by atoms with Gasteiger partial charge >= 0.3 is 0 Å². The van der Waals surface area contributed by atoms with Gasteiger partial charge in [0.15, 0.2) is 0 Å². The Balaban J connectivity index is 1.73. The molecule has 1 aliphatic heterocycles. The zero-order valence-corrected chi connectivity index (χ0v) is 10.8. The molecule has 90 valence electrons. The number of nitriles is 1. The fourth-order valence-corrected chi connectivity index (χ4v) is 4.00. The van der Waals surface area contributed by atoms with Crippen molar-refractivity contribution in [1.29, 1.82) is 5.26 Å². The third-order valence-electron chi connectivity index (χ3n) is 3.94. The molecule has 1 saturated carbocycles. The van der Waals surface area contributed by atoms with Gasteiger partial charge in [-0.1, -0.05) is 12.8 Å². The molecule has 0 amide bonds. The Bertz CT molecular complexity index is 243. The van der Waals surface area contributed by atoms with Crippen molar-refractivity contribution in [2.24, 2.45) is 11.8 Å². The highest BCUT2D eigenvalue weighted by atomic mass is 32.2. The second-order valence-electron chi connectivity index (χ2n) is 5.09. The second-order valence-corrected chi connectivity index (χ2v) is 6.32. The van der Waals surface area contributed by atoms with Crippen molar-refractivity contribution in [2.75, 3.05) is 18.1 Å². The van der Waals surface area contributed by atoms with Crippen molar-refractivity contribution in [1.82, 2.24) is 5.32 Å². The van der Waals surface area contributed by atoms with Gasteiger partial charge in [0.1, 0.15) is 0 Å². The fraction of sp³-hybridized carbons (Fsp3) is 0.923. The SMILES string of the molecule is N#CC1CCCCC1NCC1CCSCC1. The van der Waals surface area contributed by atoms with Crippen LogP contribution in [0.4, 0.5) is 0 Å². The Morgan fingerprint density at radius 3 is 2.62 bits per heavy atom. The van der Waals surface area contributed by atoms with Crippen molar-refractivity contribution in [3.63, 3.8) is 0 Å². The summed E-state index contributed by atoms with van der Waals surface area (Å²) in [6.07, 6.45) is 7.59. The van der Waals surface area contributed by atoms with E-state index in [1.54, 1.807) is 0 Å². The fourth-order valence-electron chi connectivity index (χ4n) is 2.80. The van der Waals surface area contributed by atoms with Crippen molar-refractivity contribution < 1.29 is 0 Å². The normalized spacial score (nSPS) is 32.2. The average Bonchev–Trinajstić information content (AvgIpc) is 2.38. The molecule has 1 heterocycles. The predicted molar refractivity (Wildman–Crippen MR) is 69.4 cm³/mol. The molecule has 2 fully saturated rings. The van der Waals surface area contributed by atoms with Crippen LogP contribution in [-0.2, 0) is 0 Å². The Kier molecular flexibility index (Phi) is 4.99. The Morgan fingerprint density at radius 1 is 1.12 bits per heavy atom. The summed E-state index contributed by atoms with van der Waals surface area (Å²) in [6, 6.07) is 2.96. The van der Waals surface area contributed by atoms with Gasteiger partial charge in [0.05, 0.1) is 12.0 Å². The maximum Gasteiger partial charge on any atom is 0.0672 e. The summed E-state index contributed by atoms with van der Waals surface area (Å²) in [5.41, 5.74) is 0. The van der Waals surface area contributed by atoms with E-state index in [1.165, 1.54) is 43.6 Å². The molecule has 2 unspecified atom stereocenters. The third-order valence-corrected chi connectivity index (χ3v) is 4.99. The van der Waals surface area contributed by atoms with Crippen molar-refractivity contribution in [3.8, 4) is 6.07 Å². The molecule has 0 spiro atoms. The van der Waals surface area contributed by atoms with E-state index in [9.17, 15) is 0 Å². The van der Waals surface area contributed by atoms with E-state index >= 15 is 0 Å². The van der Waals surface area contributed by atoms with Crippen LogP contribution >= 0.6 is 11.8 Å². The summed E-state index contributed by atoms with van der Waals surface area (Å²) in [5.74, 6) is 3.80. The van der Waals surface area contributed by atoms with Crippen molar-refractivity contribution in [3.05, 3.63) is 0 Å². The van der Waals surface area contributed by atoms with Crippen molar-refractivity contribution in [2.45, 2.75) is 44.6 Å². The van der Waals surface area contributed by atoms with E-state index in [4.69, 9.17) is 5.26 Å². The zero-order chi connectivity index (χ0) is 11.2. The van der Waals surface area contributed by atoms with Crippen LogP contribution in [0.1, 0.15) is 38.5 Å². The molecule has 2 aliphatic rings. The third kappa shape index (κ3) is 3.40. The van der Waals surface area contributed by atoms with Crippen LogP contribution in [0.3, 0.4) is 0 Å². The number of rotatable bonds is 3. The van der Waals surface area contributed by atoms with E-state index in [2.05, 4.69) is 23.1 Å². The first-order valence-corrected chi connectivity index (χ1v) is 7.76. The van der Waals surface area contributed by atoms with E-state index < -0.39 is 0 Å². The van der Waals surface area contributed by atoms with Gasteiger partial charge in [0.25, 0.3) is 0 Å². The van der Waals surface area contributed by atoms with Crippen LogP contribution in [0.5, 0.6) is 0 Å². The molecule has 1 aliphatic carbocycles. The summed E-state index contributed by atoms with van der Waals surface area (Å²) >= 11 is 2.09. The molecule has 2 nitrogen and oxygen atoms in total. The minimum Gasteiger partial charge on any atom is -0.312 e. The van der Waals surface area contributed by atoms with Gasteiger partial charge in [0, 0.05) is 6.04 Å². The lowest BCUT2D eigenvalue weighted by Gasteiger charge is -2.30. The van der Waals surface area contributed by atoms with Crippen LogP contribution in [0.15, 0.2) is 0 Å². The largest absolute Gasteiger partial charge is 0.312 e. The lowest BCUT2D eigenvalue weighted by atomic mass is 9.85. The van der Waals surface area contributed by atoms with Gasteiger partial charge < -0.3 is 5.32 Å². The number of nitrogens with zero attached hydrogens (tertiary/aromatic N) is 1. The Hall–Kier alpha value is -0.200. The van der Waals surface area contributed by atoms with Crippen LogP contribution < -0.4 is 5.32 Å². The van der Waals surface area contributed by atoms with Gasteiger partial charge in [0.2, 0.25) is 0 Å². The van der Waals surface area contributed by atoms with Crippen LogP contribution in [-0.4, -0.2) is 24.1 Å². The highest BCUT2D eigenvalue weighted by Gasteiger charge is 2.25. The summed E-state index contributed by atoms with van der Waals surface area (Å²) in [7, 11) is 0. The van der Waals surface area contributed by atoms with Crippen molar-refractivity contribution >= 4 is 11.8 Å². The first-order valence-electron chi connectivity index (χ1n) is 6.61. The molecular formula is C13H22N2S. The van der Waals surface area contributed by atoms with Crippen LogP contribution in [0, 0.1) is 23.2 Å². The van der Waals surface area contributed by atoms with E-state index in [1.807, 2.05) is 0 Å². The van der Waals surface area contributed by atoms with E-state index in [0.717, 1.165) is 18.9 Å². The van der Waals surface area contributed by atoms with Gasteiger partial charge in [-0.05, 0) is 49.7 Å². The number of hydrogen-bond acceptors (Lipinski definition) is 3. The van der Waals surface area contributed by atoms with E-state index in [0.29, 0.717) is 6.04 Å². The monoisotopic (exact) mass is 238 g/mol. The van der Waals surface area contributed by atoms with Gasteiger partial charge in [-0.2, -0.15) is 17.0 Å². The van der Waals surface area contributed by atoms with Gasteiger partial charge in [-0.15, -0.1) is 0 Å². The van der Waals surface area contributed by atoms with Gasteiger partial charge in [-0.25, -0.2) is 0 Å². The molecule has 2 rings (SSSR count). The molecular weight excluding hydrogens is 216 g/mol. The lowest BCUT2D eigenvalue weighted by molar-refractivity contribution is 0.292. The molecule has 2 atom stereocenters. The Morgan fingerprint density at radius 2 is 1.88 bits per heavy atom. The number of thioether (sulfide) groups is 1. The standard InChI is InChI=1S/C13H22N2S/c14-9-12-3-1-2-4-13(12)15-10-11-5-7-16-8-6-11/h11-13,15H,1-8,10H2. The summed E-state index contributed by atoms with van der Waals surface area (Å²) in [6.45, 7) is 1.14. The Labute approximate surface area is 103 Å². The van der Waals surface area contributed by atoms with Crippen LogP contribution in [0.25, 0.3) is 0 Å². The van der Waals surface area contributed by atoms with E-state index in [-0.39, 0.29) is 5.92 Å². The molecule has 3 heteroatoms. The minimum absolute atomic E-state index is 0.270. The molecule has 16 heavy (non-hydrogen) atoms. The summed E-state index contributed by atoms with van der Waals surface area (Å²) in [5, 5.41) is 12.8. The smallest absolute Gasteiger partial charge is 0.0672 e. The maximum absolute atomic E-state index is 9.11. The molecule has 0 aromatic rings. The number of hydrogen-bond donors (Lipinski definition) is 1. The molecule has 0 aromatic carbocycles. The lowest BCUT2D eigenvalue weighted by Crippen LogP contribution is -2.41.